The SMILES string of the molecule is NNc1nnc(Cl)cc1C(N)=O. The highest BCUT2D eigenvalue weighted by Crippen LogP contribution is 2.12. The van der Waals surface area contributed by atoms with Crippen LogP contribution < -0.4 is 17.0 Å². The molecule has 12 heavy (non-hydrogen) atoms. The van der Waals surface area contributed by atoms with Crippen LogP contribution in [0.25, 0.3) is 0 Å². The molecule has 0 aromatic carbocycles. The van der Waals surface area contributed by atoms with Gasteiger partial charge in [-0.2, -0.15) is 0 Å². The van der Waals surface area contributed by atoms with E-state index in [9.17, 15) is 4.79 Å². The van der Waals surface area contributed by atoms with E-state index in [-0.39, 0.29) is 16.5 Å². The number of amides is 1. The first-order chi connectivity index (χ1) is 5.65. The second kappa shape index (κ2) is 3.33. The molecule has 0 radical (unpaired) electrons. The fraction of sp³-hybridized carbons (Fsp3) is 0. The molecule has 7 heteroatoms. The molecule has 0 saturated heterocycles. The van der Waals surface area contributed by atoms with Gasteiger partial charge in [-0.3, -0.25) is 4.79 Å². The van der Waals surface area contributed by atoms with Crippen LogP contribution in [0.15, 0.2) is 6.07 Å². The van der Waals surface area contributed by atoms with Gasteiger partial charge < -0.3 is 11.2 Å². The Kier molecular flexibility index (Phi) is 2.41. The lowest BCUT2D eigenvalue weighted by Crippen LogP contribution is -2.19. The average Bonchev–Trinajstić information content (AvgIpc) is 2.04. The maximum Gasteiger partial charge on any atom is 0.252 e. The quantitative estimate of drug-likeness (QED) is 0.428. The van der Waals surface area contributed by atoms with Crippen LogP contribution in [0.3, 0.4) is 0 Å². The van der Waals surface area contributed by atoms with Gasteiger partial charge >= 0.3 is 0 Å². The van der Waals surface area contributed by atoms with Gasteiger partial charge in [-0.15, -0.1) is 10.2 Å². The highest BCUT2D eigenvalue weighted by molar-refractivity contribution is 6.29. The Morgan fingerprint density at radius 3 is 2.75 bits per heavy atom. The minimum atomic E-state index is -0.667. The summed E-state index contributed by atoms with van der Waals surface area (Å²) in [7, 11) is 0. The molecule has 0 aliphatic rings. The van der Waals surface area contributed by atoms with E-state index < -0.39 is 5.91 Å². The molecule has 1 rings (SSSR count). The second-order valence-corrected chi connectivity index (χ2v) is 2.33. The minimum absolute atomic E-state index is 0.0859. The number of hydrogen-bond donors (Lipinski definition) is 3. The maximum absolute atomic E-state index is 10.7. The van der Waals surface area contributed by atoms with Gasteiger partial charge in [0.05, 0.1) is 5.56 Å². The Balaban J connectivity index is 3.21. The van der Waals surface area contributed by atoms with Gasteiger partial charge in [-0.05, 0) is 6.07 Å². The average molecular weight is 188 g/mol. The minimum Gasteiger partial charge on any atom is -0.365 e. The van der Waals surface area contributed by atoms with Crippen molar-refractivity contribution >= 4 is 23.3 Å². The van der Waals surface area contributed by atoms with Gasteiger partial charge in [0, 0.05) is 0 Å². The summed E-state index contributed by atoms with van der Waals surface area (Å²) in [5, 5.41) is 7.04. The van der Waals surface area contributed by atoms with Gasteiger partial charge in [0.25, 0.3) is 5.91 Å². The molecule has 0 aliphatic carbocycles. The van der Waals surface area contributed by atoms with Gasteiger partial charge in [-0.25, -0.2) is 5.84 Å². The number of halogens is 1. The van der Waals surface area contributed by atoms with Crippen LogP contribution in [0, 0.1) is 0 Å². The fourth-order valence-corrected chi connectivity index (χ4v) is 0.809. The number of hydrazine groups is 1. The summed E-state index contributed by atoms with van der Waals surface area (Å²) in [4.78, 5) is 10.7. The Morgan fingerprint density at radius 1 is 1.58 bits per heavy atom. The highest BCUT2D eigenvalue weighted by Gasteiger charge is 2.09. The lowest BCUT2D eigenvalue weighted by molar-refractivity contribution is 0.100. The zero-order valence-corrected chi connectivity index (χ0v) is 6.67. The van der Waals surface area contributed by atoms with Crippen molar-refractivity contribution < 1.29 is 4.79 Å². The Hall–Kier alpha value is -1.40. The Labute approximate surface area is 72.9 Å². The predicted molar refractivity (Wildman–Crippen MR) is 43.4 cm³/mol. The smallest absolute Gasteiger partial charge is 0.252 e. The number of nitrogens with one attached hydrogen (secondary N) is 1. The monoisotopic (exact) mass is 187 g/mol. The zero-order valence-electron chi connectivity index (χ0n) is 5.91. The van der Waals surface area contributed by atoms with Crippen molar-refractivity contribution in [1.29, 1.82) is 0 Å². The van der Waals surface area contributed by atoms with Crippen molar-refractivity contribution in [1.82, 2.24) is 10.2 Å². The third kappa shape index (κ3) is 1.60. The van der Waals surface area contributed by atoms with Gasteiger partial charge in [0.2, 0.25) is 0 Å². The largest absolute Gasteiger partial charge is 0.365 e. The number of anilines is 1. The third-order valence-corrected chi connectivity index (χ3v) is 1.35. The van der Waals surface area contributed by atoms with Crippen LogP contribution >= 0.6 is 11.6 Å². The topological polar surface area (TPSA) is 107 Å². The fourth-order valence-electron chi connectivity index (χ4n) is 0.662. The van der Waals surface area contributed by atoms with Gasteiger partial charge in [0.1, 0.15) is 0 Å². The normalized spacial score (nSPS) is 9.50. The highest BCUT2D eigenvalue weighted by atomic mass is 35.5. The van der Waals surface area contributed by atoms with E-state index in [2.05, 4.69) is 15.6 Å². The first kappa shape index (κ1) is 8.69. The van der Waals surface area contributed by atoms with E-state index in [1.807, 2.05) is 0 Å². The molecule has 0 atom stereocenters. The van der Waals surface area contributed by atoms with Crippen LogP contribution in [0.5, 0.6) is 0 Å². The van der Waals surface area contributed by atoms with Crippen LogP contribution in [0.4, 0.5) is 5.82 Å². The standard InChI is InChI=1S/C5H6ClN5O/c6-3-1-2(4(7)12)5(9-8)11-10-3/h1H,8H2,(H2,7,12)(H,9,11). The molecule has 1 amide bonds. The van der Waals surface area contributed by atoms with Crippen molar-refractivity contribution in [2.24, 2.45) is 11.6 Å². The molecular weight excluding hydrogens is 182 g/mol. The van der Waals surface area contributed by atoms with Crippen molar-refractivity contribution in [3.63, 3.8) is 0 Å². The zero-order chi connectivity index (χ0) is 9.14. The van der Waals surface area contributed by atoms with E-state index in [1.165, 1.54) is 6.07 Å². The second-order valence-electron chi connectivity index (χ2n) is 1.94. The molecule has 1 heterocycles. The Morgan fingerprint density at radius 2 is 2.25 bits per heavy atom. The molecule has 0 spiro atoms. The molecule has 0 unspecified atom stereocenters. The number of aromatic nitrogens is 2. The van der Waals surface area contributed by atoms with Gasteiger partial charge in [0.15, 0.2) is 11.0 Å². The number of nitrogens with zero attached hydrogens (tertiary/aromatic N) is 2. The molecule has 6 nitrogen and oxygen atoms in total. The van der Waals surface area contributed by atoms with Crippen LogP contribution in [0.1, 0.15) is 10.4 Å². The first-order valence-electron chi connectivity index (χ1n) is 2.95. The van der Waals surface area contributed by atoms with E-state index in [4.69, 9.17) is 23.2 Å². The summed E-state index contributed by atoms with van der Waals surface area (Å²) in [6.45, 7) is 0. The van der Waals surface area contributed by atoms with Crippen molar-refractivity contribution in [2.45, 2.75) is 0 Å². The third-order valence-electron chi connectivity index (χ3n) is 1.17. The van der Waals surface area contributed by atoms with Crippen LogP contribution in [-0.4, -0.2) is 16.1 Å². The molecular formula is C5H6ClN5O. The summed E-state index contributed by atoms with van der Waals surface area (Å²) >= 11 is 5.47. The number of carbonyl (C=O) groups excluding carboxylic acids is 1. The molecule has 1 aromatic rings. The molecule has 5 N–H and O–H groups in total. The van der Waals surface area contributed by atoms with E-state index in [0.717, 1.165) is 0 Å². The number of nitrogens with two attached hydrogens (primary N) is 2. The first-order valence-corrected chi connectivity index (χ1v) is 3.32. The van der Waals surface area contributed by atoms with Crippen molar-refractivity contribution in [2.75, 3.05) is 5.43 Å². The summed E-state index contributed by atoms with van der Waals surface area (Å²) in [6, 6.07) is 1.28. The lowest BCUT2D eigenvalue weighted by atomic mass is 10.3. The van der Waals surface area contributed by atoms with E-state index >= 15 is 0 Å². The molecule has 0 saturated carbocycles. The predicted octanol–water partition coefficient (Wildman–Crippen LogP) is -0.485. The van der Waals surface area contributed by atoms with E-state index in [1.54, 1.807) is 0 Å². The molecule has 0 bridgehead atoms. The summed E-state index contributed by atoms with van der Waals surface area (Å²) in [5.74, 6) is 4.47. The number of rotatable bonds is 2. The van der Waals surface area contributed by atoms with E-state index in [0.29, 0.717) is 0 Å². The number of nitrogen functional groups attached to an aromatic ring is 1. The van der Waals surface area contributed by atoms with Crippen molar-refractivity contribution in [3.05, 3.63) is 16.8 Å². The van der Waals surface area contributed by atoms with Crippen LogP contribution in [-0.2, 0) is 0 Å². The maximum atomic E-state index is 10.7. The van der Waals surface area contributed by atoms with Crippen molar-refractivity contribution in [3.8, 4) is 0 Å². The van der Waals surface area contributed by atoms with Gasteiger partial charge in [-0.1, -0.05) is 11.6 Å². The van der Waals surface area contributed by atoms with Crippen LogP contribution in [0.2, 0.25) is 5.15 Å². The summed E-state index contributed by atoms with van der Waals surface area (Å²) in [5.41, 5.74) is 7.28. The Bertz CT molecular complexity index is 315. The number of hydrogen-bond acceptors (Lipinski definition) is 5. The molecule has 1 aromatic heterocycles. The molecule has 0 aliphatic heterocycles. The molecule has 0 fully saturated rings. The summed E-state index contributed by atoms with van der Waals surface area (Å²) in [6.07, 6.45) is 0. The lowest BCUT2D eigenvalue weighted by Gasteiger charge is -2.02. The number of carbonyl (C=O) groups is 1. The summed E-state index contributed by atoms with van der Waals surface area (Å²) < 4.78 is 0. The molecule has 64 valence electrons. The number of primary amides is 1.